The molecule has 2 aromatic rings. The summed E-state index contributed by atoms with van der Waals surface area (Å²) in [5.41, 5.74) is 1.12. The number of fused-ring (bicyclic) bond motifs is 1. The molecular formula is C13H19N5S. The van der Waals surface area contributed by atoms with Crippen LogP contribution < -0.4 is 5.32 Å². The van der Waals surface area contributed by atoms with Crippen LogP contribution in [-0.2, 0) is 5.41 Å². The molecule has 0 unspecified atom stereocenters. The van der Waals surface area contributed by atoms with Crippen molar-refractivity contribution in [2.45, 2.75) is 45.4 Å². The standard InChI is InChI=1S/C13H19N5S/c1-13(2,3)10-9-18-12(16-10)19-11(17-18)15-8-6-4-5-7-14/h9H,4-6,8H2,1-3H3,(H,15,17). The van der Waals surface area contributed by atoms with Crippen LogP contribution in [0.3, 0.4) is 0 Å². The number of imidazole rings is 1. The number of nitriles is 1. The molecule has 0 aromatic carbocycles. The first-order chi connectivity index (χ1) is 9.00. The van der Waals surface area contributed by atoms with Crippen molar-refractivity contribution in [2.24, 2.45) is 0 Å². The van der Waals surface area contributed by atoms with Gasteiger partial charge in [0, 0.05) is 18.4 Å². The molecule has 0 aliphatic rings. The van der Waals surface area contributed by atoms with Crippen molar-refractivity contribution in [3.8, 4) is 6.07 Å². The normalized spacial score (nSPS) is 11.7. The van der Waals surface area contributed by atoms with E-state index in [4.69, 9.17) is 5.26 Å². The zero-order valence-electron chi connectivity index (χ0n) is 11.6. The van der Waals surface area contributed by atoms with Gasteiger partial charge in [-0.2, -0.15) is 5.26 Å². The maximum atomic E-state index is 8.45. The Bertz CT molecular complexity index is 553. The van der Waals surface area contributed by atoms with Crippen molar-refractivity contribution in [2.75, 3.05) is 11.9 Å². The minimum atomic E-state index is 0.0539. The Morgan fingerprint density at radius 2 is 2.21 bits per heavy atom. The molecule has 0 aliphatic carbocycles. The van der Waals surface area contributed by atoms with E-state index in [1.165, 1.54) is 0 Å². The van der Waals surface area contributed by atoms with Gasteiger partial charge in [-0.15, -0.1) is 5.10 Å². The predicted molar refractivity (Wildman–Crippen MR) is 77.5 cm³/mol. The second kappa shape index (κ2) is 5.57. The third-order valence-corrected chi connectivity index (χ3v) is 3.68. The first kappa shape index (κ1) is 13.8. The summed E-state index contributed by atoms with van der Waals surface area (Å²) in [5, 5.41) is 17.1. The third-order valence-electron chi connectivity index (χ3n) is 2.80. The molecule has 2 heterocycles. The molecule has 2 rings (SSSR count). The summed E-state index contributed by atoms with van der Waals surface area (Å²) in [6.45, 7) is 7.29. The van der Waals surface area contributed by atoms with Gasteiger partial charge < -0.3 is 5.32 Å². The smallest absolute Gasteiger partial charge is 0.214 e. The summed E-state index contributed by atoms with van der Waals surface area (Å²) in [5.74, 6) is 0. The van der Waals surface area contributed by atoms with Crippen molar-refractivity contribution in [1.82, 2.24) is 14.6 Å². The molecular weight excluding hydrogens is 258 g/mol. The van der Waals surface area contributed by atoms with Gasteiger partial charge in [-0.05, 0) is 12.8 Å². The molecule has 0 saturated carbocycles. The van der Waals surface area contributed by atoms with E-state index in [1.807, 2.05) is 10.7 Å². The first-order valence-corrected chi connectivity index (χ1v) is 7.30. The minimum absolute atomic E-state index is 0.0539. The Labute approximate surface area is 117 Å². The Hall–Kier alpha value is -1.61. The summed E-state index contributed by atoms with van der Waals surface area (Å²) < 4.78 is 1.84. The number of aromatic nitrogens is 3. The van der Waals surface area contributed by atoms with Crippen LogP contribution in [-0.4, -0.2) is 21.1 Å². The molecule has 6 heteroatoms. The summed E-state index contributed by atoms with van der Waals surface area (Å²) in [6, 6.07) is 2.15. The highest BCUT2D eigenvalue weighted by atomic mass is 32.1. The van der Waals surface area contributed by atoms with Crippen LogP contribution in [0.25, 0.3) is 4.96 Å². The van der Waals surface area contributed by atoms with E-state index in [0.29, 0.717) is 6.42 Å². The van der Waals surface area contributed by atoms with E-state index in [9.17, 15) is 0 Å². The molecule has 2 aromatic heterocycles. The van der Waals surface area contributed by atoms with E-state index in [1.54, 1.807) is 11.3 Å². The molecule has 19 heavy (non-hydrogen) atoms. The quantitative estimate of drug-likeness (QED) is 0.852. The number of nitrogens with one attached hydrogen (secondary N) is 1. The maximum absolute atomic E-state index is 8.45. The first-order valence-electron chi connectivity index (χ1n) is 6.48. The molecule has 0 atom stereocenters. The van der Waals surface area contributed by atoms with Gasteiger partial charge in [0.15, 0.2) is 0 Å². The number of nitrogens with zero attached hydrogens (tertiary/aromatic N) is 4. The number of anilines is 1. The second-order valence-electron chi connectivity index (χ2n) is 5.55. The highest BCUT2D eigenvalue weighted by Gasteiger charge is 2.19. The monoisotopic (exact) mass is 277 g/mol. The Kier molecular flexibility index (Phi) is 4.05. The Morgan fingerprint density at radius 1 is 1.42 bits per heavy atom. The highest BCUT2D eigenvalue weighted by Crippen LogP contribution is 2.25. The Morgan fingerprint density at radius 3 is 2.84 bits per heavy atom. The van der Waals surface area contributed by atoms with E-state index in [2.05, 4.69) is 42.2 Å². The fraction of sp³-hybridized carbons (Fsp3) is 0.615. The lowest BCUT2D eigenvalue weighted by molar-refractivity contribution is 0.572. The fourth-order valence-corrected chi connectivity index (χ4v) is 2.46. The molecule has 0 radical (unpaired) electrons. The van der Waals surface area contributed by atoms with Crippen LogP contribution in [0.5, 0.6) is 0 Å². The molecule has 0 saturated heterocycles. The third kappa shape index (κ3) is 3.44. The maximum Gasteiger partial charge on any atom is 0.214 e. The molecule has 1 N–H and O–H groups in total. The lowest BCUT2D eigenvalue weighted by atomic mass is 9.93. The van der Waals surface area contributed by atoms with Crippen LogP contribution in [0.15, 0.2) is 6.20 Å². The van der Waals surface area contributed by atoms with Gasteiger partial charge in [-0.3, -0.25) is 0 Å². The summed E-state index contributed by atoms with van der Waals surface area (Å²) in [6.07, 6.45) is 4.54. The van der Waals surface area contributed by atoms with Crippen LogP contribution in [0.1, 0.15) is 45.7 Å². The van der Waals surface area contributed by atoms with Gasteiger partial charge in [-0.25, -0.2) is 9.50 Å². The van der Waals surface area contributed by atoms with E-state index in [0.717, 1.165) is 35.2 Å². The average Bonchev–Trinajstić information content (AvgIpc) is 2.85. The Balaban J connectivity index is 1.96. The van der Waals surface area contributed by atoms with Gasteiger partial charge in [0.05, 0.1) is 18.0 Å². The van der Waals surface area contributed by atoms with Crippen LogP contribution >= 0.6 is 11.3 Å². The van der Waals surface area contributed by atoms with Gasteiger partial charge >= 0.3 is 0 Å². The van der Waals surface area contributed by atoms with Crippen LogP contribution in [0.2, 0.25) is 0 Å². The lowest BCUT2D eigenvalue weighted by Gasteiger charge is -2.13. The largest absolute Gasteiger partial charge is 0.360 e. The van der Waals surface area contributed by atoms with Crippen molar-refractivity contribution in [3.05, 3.63) is 11.9 Å². The SMILES string of the molecule is CC(C)(C)c1cn2nc(NCCCCC#N)sc2n1. The van der Waals surface area contributed by atoms with Gasteiger partial charge in [0.25, 0.3) is 0 Å². The second-order valence-corrected chi connectivity index (χ2v) is 6.51. The predicted octanol–water partition coefficient (Wildman–Crippen LogP) is 3.19. The number of unbranched alkanes of at least 4 members (excludes halogenated alkanes) is 2. The average molecular weight is 277 g/mol. The summed E-state index contributed by atoms with van der Waals surface area (Å²) in [7, 11) is 0. The van der Waals surface area contributed by atoms with Crippen LogP contribution in [0, 0.1) is 11.3 Å². The molecule has 0 bridgehead atoms. The van der Waals surface area contributed by atoms with Crippen molar-refractivity contribution >= 4 is 21.4 Å². The molecule has 5 nitrogen and oxygen atoms in total. The van der Waals surface area contributed by atoms with E-state index >= 15 is 0 Å². The molecule has 0 aliphatic heterocycles. The van der Waals surface area contributed by atoms with E-state index < -0.39 is 0 Å². The molecule has 102 valence electrons. The van der Waals surface area contributed by atoms with Crippen molar-refractivity contribution in [1.29, 1.82) is 5.26 Å². The minimum Gasteiger partial charge on any atom is -0.360 e. The van der Waals surface area contributed by atoms with Crippen molar-refractivity contribution < 1.29 is 0 Å². The zero-order valence-corrected chi connectivity index (χ0v) is 12.4. The van der Waals surface area contributed by atoms with E-state index in [-0.39, 0.29) is 5.41 Å². The zero-order chi connectivity index (χ0) is 13.9. The summed E-state index contributed by atoms with van der Waals surface area (Å²) in [4.78, 5) is 5.52. The van der Waals surface area contributed by atoms with Gasteiger partial charge in [-0.1, -0.05) is 32.1 Å². The summed E-state index contributed by atoms with van der Waals surface area (Å²) >= 11 is 1.56. The molecule has 0 spiro atoms. The number of hydrogen-bond acceptors (Lipinski definition) is 5. The topological polar surface area (TPSA) is 66.0 Å². The number of hydrogen-bond donors (Lipinski definition) is 1. The highest BCUT2D eigenvalue weighted by molar-refractivity contribution is 7.20. The lowest BCUT2D eigenvalue weighted by Crippen LogP contribution is -2.11. The number of rotatable bonds is 5. The van der Waals surface area contributed by atoms with Gasteiger partial charge in [0.2, 0.25) is 10.1 Å². The van der Waals surface area contributed by atoms with Crippen molar-refractivity contribution in [3.63, 3.8) is 0 Å². The fourth-order valence-electron chi connectivity index (χ4n) is 1.66. The molecule has 0 amide bonds. The van der Waals surface area contributed by atoms with Crippen LogP contribution in [0.4, 0.5) is 5.13 Å². The van der Waals surface area contributed by atoms with Gasteiger partial charge in [0.1, 0.15) is 0 Å². The molecule has 0 fully saturated rings.